The van der Waals surface area contributed by atoms with E-state index in [1.165, 1.54) is 18.2 Å². The quantitative estimate of drug-likeness (QED) is 0.352. The summed E-state index contributed by atoms with van der Waals surface area (Å²) in [5, 5.41) is 14.2. The second kappa shape index (κ2) is 6.23. The highest BCUT2D eigenvalue weighted by Crippen LogP contribution is 2.21. The van der Waals surface area contributed by atoms with Gasteiger partial charge in [-0.3, -0.25) is 4.79 Å². The Morgan fingerprint density at radius 1 is 1.24 bits per heavy atom. The molecule has 0 aliphatic heterocycles. The van der Waals surface area contributed by atoms with Crippen LogP contribution in [-0.4, -0.2) is 17.0 Å². The average Bonchev–Trinajstić information content (AvgIpc) is 2.47. The summed E-state index contributed by atoms with van der Waals surface area (Å²) in [5.41, 5.74) is 5.54. The van der Waals surface area contributed by atoms with Gasteiger partial charge >= 0.3 is 0 Å². The predicted molar refractivity (Wildman–Crippen MR) is 78.3 cm³/mol. The first-order valence-electron chi connectivity index (χ1n) is 5.87. The van der Waals surface area contributed by atoms with Crippen LogP contribution in [0.2, 0.25) is 5.02 Å². The molecule has 0 fully saturated rings. The second-order valence-electron chi connectivity index (χ2n) is 4.08. The maximum absolute atomic E-state index is 13.8. The minimum Gasteiger partial charge on any atom is -0.409 e. The highest BCUT2D eigenvalue weighted by Gasteiger charge is 2.16. The third-order valence-corrected chi connectivity index (χ3v) is 3.07. The summed E-state index contributed by atoms with van der Waals surface area (Å²) < 4.78 is 13.8. The van der Waals surface area contributed by atoms with Crippen LogP contribution in [0.15, 0.2) is 47.6 Å². The lowest BCUT2D eigenvalue weighted by Crippen LogP contribution is -2.20. The molecule has 108 valence electrons. The summed E-state index contributed by atoms with van der Waals surface area (Å²) >= 11 is 5.92. The third kappa shape index (κ3) is 3.11. The minimum absolute atomic E-state index is 0.0789. The Bertz CT molecular complexity index is 719. The van der Waals surface area contributed by atoms with Crippen LogP contribution in [0.4, 0.5) is 10.1 Å². The number of nitrogens with zero attached hydrogens (tertiary/aromatic N) is 1. The molecule has 0 atom stereocenters. The first-order valence-corrected chi connectivity index (χ1v) is 6.24. The average molecular weight is 308 g/mol. The van der Waals surface area contributed by atoms with Gasteiger partial charge in [0.1, 0.15) is 5.82 Å². The summed E-state index contributed by atoms with van der Waals surface area (Å²) in [6, 6.07) is 10.4. The summed E-state index contributed by atoms with van der Waals surface area (Å²) in [6.07, 6.45) is 0. The van der Waals surface area contributed by atoms with Crippen molar-refractivity contribution >= 4 is 29.0 Å². The van der Waals surface area contributed by atoms with E-state index in [-0.39, 0.29) is 21.8 Å². The van der Waals surface area contributed by atoms with Gasteiger partial charge in [-0.1, -0.05) is 35.0 Å². The Labute approximate surface area is 124 Å². The first-order chi connectivity index (χ1) is 10.0. The van der Waals surface area contributed by atoms with E-state index in [4.69, 9.17) is 22.5 Å². The van der Waals surface area contributed by atoms with Crippen LogP contribution in [-0.2, 0) is 0 Å². The monoisotopic (exact) mass is 307 g/mol. The zero-order chi connectivity index (χ0) is 15.4. The van der Waals surface area contributed by atoms with Crippen molar-refractivity contribution in [2.75, 3.05) is 5.32 Å². The molecular formula is C14H11ClFN3O2. The number of halogens is 2. The summed E-state index contributed by atoms with van der Waals surface area (Å²) in [5.74, 6) is -1.69. The number of rotatable bonds is 3. The normalized spacial score (nSPS) is 11.2. The van der Waals surface area contributed by atoms with E-state index in [0.29, 0.717) is 0 Å². The van der Waals surface area contributed by atoms with E-state index in [1.54, 1.807) is 18.2 Å². The van der Waals surface area contributed by atoms with E-state index in [1.807, 2.05) is 0 Å². The molecule has 5 nitrogen and oxygen atoms in total. The molecule has 0 radical (unpaired) electrons. The number of oxime groups is 1. The number of nitrogens with two attached hydrogens (primary N) is 1. The van der Waals surface area contributed by atoms with Gasteiger partial charge in [-0.15, -0.1) is 0 Å². The molecule has 0 aliphatic rings. The van der Waals surface area contributed by atoms with Crippen molar-refractivity contribution in [3.63, 3.8) is 0 Å². The first kappa shape index (κ1) is 14.8. The number of carbonyl (C=O) groups excluding carboxylic acids is 1. The van der Waals surface area contributed by atoms with E-state index in [0.717, 1.165) is 6.07 Å². The van der Waals surface area contributed by atoms with Gasteiger partial charge in [0.25, 0.3) is 5.91 Å². The van der Waals surface area contributed by atoms with Crippen LogP contribution in [0.25, 0.3) is 0 Å². The molecule has 0 spiro atoms. The van der Waals surface area contributed by atoms with E-state index < -0.39 is 17.6 Å². The van der Waals surface area contributed by atoms with E-state index in [2.05, 4.69) is 10.5 Å². The van der Waals surface area contributed by atoms with Crippen molar-refractivity contribution < 1.29 is 14.4 Å². The Hall–Kier alpha value is -2.60. The Morgan fingerprint density at radius 3 is 2.62 bits per heavy atom. The Morgan fingerprint density at radius 2 is 1.95 bits per heavy atom. The second-order valence-corrected chi connectivity index (χ2v) is 4.49. The van der Waals surface area contributed by atoms with Gasteiger partial charge in [-0.05, 0) is 24.3 Å². The topological polar surface area (TPSA) is 87.7 Å². The fourth-order valence-electron chi connectivity index (χ4n) is 1.77. The molecule has 7 heteroatoms. The van der Waals surface area contributed by atoms with Crippen molar-refractivity contribution in [1.82, 2.24) is 0 Å². The van der Waals surface area contributed by atoms with Crippen LogP contribution >= 0.6 is 11.6 Å². The van der Waals surface area contributed by atoms with E-state index >= 15 is 0 Å². The molecule has 2 rings (SSSR count). The molecule has 0 heterocycles. The Balaban J connectivity index is 2.39. The number of hydrogen-bond donors (Lipinski definition) is 3. The molecule has 2 aromatic rings. The van der Waals surface area contributed by atoms with Crippen LogP contribution in [0.1, 0.15) is 15.9 Å². The lowest BCUT2D eigenvalue weighted by molar-refractivity contribution is 0.102. The number of carbonyl (C=O) groups is 1. The summed E-state index contributed by atoms with van der Waals surface area (Å²) in [4.78, 5) is 12.1. The molecule has 0 aromatic heterocycles. The molecule has 0 saturated carbocycles. The molecule has 2 aromatic carbocycles. The molecule has 21 heavy (non-hydrogen) atoms. The molecule has 4 N–H and O–H groups in total. The van der Waals surface area contributed by atoms with Gasteiger partial charge in [-0.2, -0.15) is 0 Å². The fourth-order valence-corrected chi connectivity index (χ4v) is 2.00. The lowest BCUT2D eigenvalue weighted by atomic mass is 10.1. The number of hydrogen-bond acceptors (Lipinski definition) is 3. The maximum atomic E-state index is 13.8. The fraction of sp³-hybridized carbons (Fsp3) is 0. The molecule has 0 saturated heterocycles. The van der Waals surface area contributed by atoms with Crippen LogP contribution in [0.5, 0.6) is 0 Å². The summed E-state index contributed by atoms with van der Waals surface area (Å²) in [7, 11) is 0. The number of nitrogens with one attached hydrogen (secondary N) is 1. The minimum atomic E-state index is -0.720. The molecule has 0 aliphatic carbocycles. The van der Waals surface area contributed by atoms with Crippen molar-refractivity contribution in [1.29, 1.82) is 0 Å². The standard InChI is InChI=1S/C14H11ClFN3O2/c15-9-5-2-1-4-8(9)14(20)18-11-7-3-6-10(16)12(11)13(17)19-21/h1-7,21H,(H2,17,19)(H,18,20). The van der Waals surface area contributed by atoms with Crippen molar-refractivity contribution in [2.45, 2.75) is 0 Å². The number of amidine groups is 1. The van der Waals surface area contributed by atoms with Crippen molar-refractivity contribution in [3.8, 4) is 0 Å². The highest BCUT2D eigenvalue weighted by atomic mass is 35.5. The van der Waals surface area contributed by atoms with Crippen LogP contribution in [0.3, 0.4) is 0 Å². The SMILES string of the molecule is NC(=NO)c1c(F)cccc1NC(=O)c1ccccc1Cl. The third-order valence-electron chi connectivity index (χ3n) is 2.74. The number of anilines is 1. The van der Waals surface area contributed by atoms with Crippen LogP contribution < -0.4 is 11.1 Å². The van der Waals surface area contributed by atoms with Crippen molar-refractivity contribution in [3.05, 3.63) is 64.4 Å². The largest absolute Gasteiger partial charge is 0.409 e. The smallest absolute Gasteiger partial charge is 0.257 e. The number of amides is 1. The van der Waals surface area contributed by atoms with Gasteiger partial charge in [-0.25, -0.2) is 4.39 Å². The maximum Gasteiger partial charge on any atom is 0.257 e. The molecule has 1 amide bonds. The Kier molecular flexibility index (Phi) is 4.39. The molecule has 0 unspecified atom stereocenters. The highest BCUT2D eigenvalue weighted by molar-refractivity contribution is 6.34. The van der Waals surface area contributed by atoms with Gasteiger partial charge in [0.2, 0.25) is 0 Å². The van der Waals surface area contributed by atoms with E-state index in [9.17, 15) is 9.18 Å². The van der Waals surface area contributed by atoms with Gasteiger partial charge in [0, 0.05) is 0 Å². The predicted octanol–water partition coefficient (Wildman–Crippen LogP) is 2.83. The zero-order valence-corrected chi connectivity index (χ0v) is 11.4. The van der Waals surface area contributed by atoms with Gasteiger partial charge in [0.05, 0.1) is 21.8 Å². The molecular weight excluding hydrogens is 297 g/mol. The van der Waals surface area contributed by atoms with Gasteiger partial charge < -0.3 is 16.3 Å². The zero-order valence-electron chi connectivity index (χ0n) is 10.7. The summed E-state index contributed by atoms with van der Waals surface area (Å²) in [6.45, 7) is 0. The van der Waals surface area contributed by atoms with Crippen molar-refractivity contribution in [2.24, 2.45) is 10.9 Å². The molecule has 0 bridgehead atoms. The van der Waals surface area contributed by atoms with Crippen LogP contribution in [0, 0.1) is 5.82 Å². The lowest BCUT2D eigenvalue weighted by Gasteiger charge is -2.11. The number of benzene rings is 2. The van der Waals surface area contributed by atoms with Gasteiger partial charge in [0.15, 0.2) is 5.84 Å².